The van der Waals surface area contributed by atoms with Gasteiger partial charge in [0.15, 0.2) is 0 Å². The molecular formula is C16H23N3O3S. The van der Waals surface area contributed by atoms with Crippen molar-refractivity contribution in [2.24, 2.45) is 5.41 Å². The van der Waals surface area contributed by atoms with Gasteiger partial charge in [-0.3, -0.25) is 4.79 Å². The highest BCUT2D eigenvalue weighted by atomic mass is 32.1. The highest BCUT2D eigenvalue weighted by Crippen LogP contribution is 2.21. The molecule has 1 atom stereocenters. The molecular weight excluding hydrogens is 314 g/mol. The van der Waals surface area contributed by atoms with Crippen molar-refractivity contribution in [3.8, 4) is 11.4 Å². The minimum atomic E-state index is -0.379. The van der Waals surface area contributed by atoms with E-state index in [0.29, 0.717) is 37.5 Å². The smallest absolute Gasteiger partial charge is 0.227 e. The number of aliphatic hydroxyl groups is 1. The van der Waals surface area contributed by atoms with Crippen molar-refractivity contribution in [1.29, 1.82) is 0 Å². The largest absolute Gasteiger partial charge is 0.393 e. The maximum Gasteiger partial charge on any atom is 0.227 e. The fourth-order valence-electron chi connectivity index (χ4n) is 2.38. The van der Waals surface area contributed by atoms with E-state index in [1.807, 2.05) is 30.7 Å². The van der Waals surface area contributed by atoms with Crippen molar-refractivity contribution >= 4 is 17.2 Å². The Morgan fingerprint density at radius 2 is 2.30 bits per heavy atom. The van der Waals surface area contributed by atoms with E-state index in [0.717, 1.165) is 5.56 Å². The Kier molecular flexibility index (Phi) is 5.90. The Morgan fingerprint density at radius 3 is 2.96 bits per heavy atom. The van der Waals surface area contributed by atoms with E-state index in [9.17, 15) is 9.90 Å². The summed E-state index contributed by atoms with van der Waals surface area (Å²) in [5.74, 6) is 0.961. The molecule has 2 N–H and O–H groups in total. The van der Waals surface area contributed by atoms with E-state index in [-0.39, 0.29) is 17.4 Å². The van der Waals surface area contributed by atoms with E-state index >= 15 is 0 Å². The number of rotatable bonds is 8. The molecule has 0 aliphatic heterocycles. The molecule has 126 valence electrons. The molecule has 0 radical (unpaired) electrons. The molecule has 0 fully saturated rings. The number of carbonyl (C=O) groups excluding carboxylic acids is 1. The molecule has 23 heavy (non-hydrogen) atoms. The fourth-order valence-corrected chi connectivity index (χ4v) is 3.02. The van der Waals surface area contributed by atoms with E-state index < -0.39 is 0 Å². The second-order valence-electron chi connectivity index (χ2n) is 6.52. The molecule has 1 amide bonds. The van der Waals surface area contributed by atoms with Gasteiger partial charge in [-0.2, -0.15) is 16.3 Å². The Balaban J connectivity index is 1.76. The first-order chi connectivity index (χ1) is 10.9. The van der Waals surface area contributed by atoms with Crippen LogP contribution in [0.4, 0.5) is 0 Å². The van der Waals surface area contributed by atoms with Crippen molar-refractivity contribution in [1.82, 2.24) is 15.5 Å². The summed E-state index contributed by atoms with van der Waals surface area (Å²) in [6.45, 7) is 6.32. The highest BCUT2D eigenvalue weighted by molar-refractivity contribution is 7.08. The molecule has 2 aromatic heterocycles. The van der Waals surface area contributed by atoms with Gasteiger partial charge in [-0.05, 0) is 30.2 Å². The molecule has 0 aliphatic rings. The number of carbonyl (C=O) groups is 1. The van der Waals surface area contributed by atoms with Crippen LogP contribution in [0.5, 0.6) is 0 Å². The van der Waals surface area contributed by atoms with E-state index in [1.54, 1.807) is 18.3 Å². The summed E-state index contributed by atoms with van der Waals surface area (Å²) < 4.78 is 5.17. The van der Waals surface area contributed by atoms with Gasteiger partial charge in [0, 0.05) is 30.3 Å². The zero-order chi connectivity index (χ0) is 16.9. The topological polar surface area (TPSA) is 88.2 Å². The number of aromatic nitrogens is 2. The number of nitrogens with zero attached hydrogens (tertiary/aromatic N) is 2. The maximum absolute atomic E-state index is 11.9. The van der Waals surface area contributed by atoms with Crippen LogP contribution in [0.25, 0.3) is 11.4 Å². The van der Waals surface area contributed by atoms with Gasteiger partial charge in [0.2, 0.25) is 17.6 Å². The first kappa shape index (κ1) is 17.6. The minimum Gasteiger partial charge on any atom is -0.393 e. The van der Waals surface area contributed by atoms with Crippen molar-refractivity contribution in [2.75, 3.05) is 6.54 Å². The standard InChI is InChI=1S/C16H23N3O3S/c1-11(20)8-16(2,3)10-17-13(21)4-5-14-18-15(19-22-14)12-6-7-23-9-12/h6-7,9,11,20H,4-5,8,10H2,1-3H3,(H,17,21). The van der Waals surface area contributed by atoms with Crippen LogP contribution >= 0.6 is 11.3 Å². The lowest BCUT2D eigenvalue weighted by Crippen LogP contribution is -2.35. The summed E-state index contributed by atoms with van der Waals surface area (Å²) in [6, 6.07) is 1.93. The second kappa shape index (κ2) is 7.70. The number of hydrogen-bond acceptors (Lipinski definition) is 6. The van der Waals surface area contributed by atoms with Gasteiger partial charge >= 0.3 is 0 Å². The predicted octanol–water partition coefficient (Wildman–Crippen LogP) is 2.64. The third kappa shape index (κ3) is 5.76. The van der Waals surface area contributed by atoms with Crippen LogP contribution in [0.3, 0.4) is 0 Å². The molecule has 2 heterocycles. The van der Waals surface area contributed by atoms with Gasteiger partial charge in [0.1, 0.15) is 0 Å². The normalized spacial score (nSPS) is 13.0. The second-order valence-corrected chi connectivity index (χ2v) is 7.30. The third-order valence-electron chi connectivity index (χ3n) is 3.43. The van der Waals surface area contributed by atoms with Gasteiger partial charge in [-0.1, -0.05) is 19.0 Å². The number of amides is 1. The van der Waals surface area contributed by atoms with Crippen LogP contribution in [0.15, 0.2) is 21.3 Å². The molecule has 0 spiro atoms. The minimum absolute atomic E-state index is 0.0565. The van der Waals surface area contributed by atoms with Gasteiger partial charge < -0.3 is 14.9 Å². The molecule has 2 aromatic rings. The first-order valence-electron chi connectivity index (χ1n) is 7.66. The maximum atomic E-state index is 11.9. The van der Waals surface area contributed by atoms with E-state index in [1.165, 1.54) is 0 Å². The lowest BCUT2D eigenvalue weighted by atomic mass is 9.87. The molecule has 2 rings (SSSR count). The van der Waals surface area contributed by atoms with Gasteiger partial charge in [0.25, 0.3) is 0 Å². The third-order valence-corrected chi connectivity index (χ3v) is 4.11. The van der Waals surface area contributed by atoms with Gasteiger partial charge in [-0.25, -0.2) is 0 Å². The molecule has 0 saturated carbocycles. The summed E-state index contributed by atoms with van der Waals surface area (Å²) in [7, 11) is 0. The summed E-state index contributed by atoms with van der Waals surface area (Å²) in [5.41, 5.74) is 0.787. The van der Waals surface area contributed by atoms with Crippen molar-refractivity contribution in [2.45, 2.75) is 46.1 Å². The number of nitrogens with one attached hydrogen (secondary N) is 1. The van der Waals surface area contributed by atoms with Crippen molar-refractivity contribution in [3.05, 3.63) is 22.7 Å². The molecule has 6 nitrogen and oxygen atoms in total. The van der Waals surface area contributed by atoms with Crippen LogP contribution in [-0.4, -0.2) is 33.8 Å². The van der Waals surface area contributed by atoms with Crippen LogP contribution in [0.2, 0.25) is 0 Å². The van der Waals surface area contributed by atoms with E-state index in [4.69, 9.17) is 4.52 Å². The molecule has 0 bridgehead atoms. The summed E-state index contributed by atoms with van der Waals surface area (Å²) >= 11 is 1.57. The van der Waals surface area contributed by atoms with Crippen LogP contribution in [-0.2, 0) is 11.2 Å². The zero-order valence-electron chi connectivity index (χ0n) is 13.7. The number of thiophene rings is 1. The van der Waals surface area contributed by atoms with Gasteiger partial charge in [0.05, 0.1) is 6.10 Å². The summed E-state index contributed by atoms with van der Waals surface area (Å²) in [5, 5.41) is 20.2. The Hall–Kier alpha value is -1.73. The Morgan fingerprint density at radius 1 is 1.52 bits per heavy atom. The monoisotopic (exact) mass is 337 g/mol. The number of hydrogen-bond donors (Lipinski definition) is 2. The van der Waals surface area contributed by atoms with Crippen molar-refractivity contribution < 1.29 is 14.4 Å². The lowest BCUT2D eigenvalue weighted by molar-refractivity contribution is -0.121. The van der Waals surface area contributed by atoms with Crippen LogP contribution < -0.4 is 5.32 Å². The fraction of sp³-hybridized carbons (Fsp3) is 0.562. The average molecular weight is 337 g/mol. The molecule has 0 aromatic carbocycles. The summed E-state index contributed by atoms with van der Waals surface area (Å²) in [6.07, 6.45) is 0.979. The molecule has 0 aliphatic carbocycles. The zero-order valence-corrected chi connectivity index (χ0v) is 14.5. The number of aliphatic hydroxyl groups excluding tert-OH is 1. The van der Waals surface area contributed by atoms with Crippen LogP contribution in [0.1, 0.15) is 39.5 Å². The highest BCUT2D eigenvalue weighted by Gasteiger charge is 2.21. The summed E-state index contributed by atoms with van der Waals surface area (Å²) in [4.78, 5) is 16.2. The lowest BCUT2D eigenvalue weighted by Gasteiger charge is -2.26. The average Bonchev–Trinajstić information content (AvgIpc) is 3.12. The molecule has 0 saturated heterocycles. The first-order valence-corrected chi connectivity index (χ1v) is 8.60. The van der Waals surface area contributed by atoms with Crippen molar-refractivity contribution in [3.63, 3.8) is 0 Å². The molecule has 1 unspecified atom stereocenters. The quantitative estimate of drug-likeness (QED) is 0.773. The predicted molar refractivity (Wildman–Crippen MR) is 89.0 cm³/mol. The van der Waals surface area contributed by atoms with Gasteiger partial charge in [-0.15, -0.1) is 0 Å². The van der Waals surface area contributed by atoms with E-state index in [2.05, 4.69) is 15.5 Å². The van der Waals surface area contributed by atoms with Crippen LogP contribution in [0, 0.1) is 5.41 Å². The SMILES string of the molecule is CC(O)CC(C)(C)CNC(=O)CCc1nc(-c2ccsc2)no1. The Bertz CT molecular complexity index is 620. The molecule has 7 heteroatoms. The Labute approximate surface area is 139 Å². The number of aryl methyl sites for hydroxylation is 1.